The monoisotopic (exact) mass is 220 g/mol. The molecule has 2 heterocycles. The largest absolute Gasteiger partial charge is 0.282 e. The molecule has 0 aromatic carbocycles. The highest BCUT2D eigenvalue weighted by Gasteiger charge is 2.56. The lowest BCUT2D eigenvalue weighted by molar-refractivity contribution is 0.00646. The second-order valence-corrected chi connectivity index (χ2v) is 5.69. The van der Waals surface area contributed by atoms with Gasteiger partial charge in [0, 0.05) is 32.6 Å². The zero-order valence-electron chi connectivity index (χ0n) is 10.4. The summed E-state index contributed by atoms with van der Waals surface area (Å²) in [7, 11) is 0. The highest BCUT2D eigenvalue weighted by Crippen LogP contribution is 2.51. The SMILES string of the molecule is C=C1CC1(N1CCCCC1)N1CCCCC1. The Morgan fingerprint density at radius 1 is 0.750 bits per heavy atom. The minimum absolute atomic E-state index is 0.320. The van der Waals surface area contributed by atoms with E-state index in [1.165, 1.54) is 76.7 Å². The van der Waals surface area contributed by atoms with E-state index in [1.807, 2.05) is 0 Å². The molecule has 0 atom stereocenters. The summed E-state index contributed by atoms with van der Waals surface area (Å²) in [6.45, 7) is 9.49. The van der Waals surface area contributed by atoms with E-state index in [-0.39, 0.29) is 0 Å². The van der Waals surface area contributed by atoms with Crippen LogP contribution in [0.4, 0.5) is 0 Å². The van der Waals surface area contributed by atoms with Crippen molar-refractivity contribution in [1.29, 1.82) is 0 Å². The fourth-order valence-electron chi connectivity index (χ4n) is 3.65. The van der Waals surface area contributed by atoms with Crippen LogP contribution in [0.5, 0.6) is 0 Å². The lowest BCUT2D eigenvalue weighted by Crippen LogP contribution is -2.54. The average molecular weight is 220 g/mol. The van der Waals surface area contributed by atoms with Gasteiger partial charge >= 0.3 is 0 Å². The molecular weight excluding hydrogens is 196 g/mol. The molecule has 2 heteroatoms. The van der Waals surface area contributed by atoms with E-state index >= 15 is 0 Å². The molecule has 0 bridgehead atoms. The molecule has 0 amide bonds. The van der Waals surface area contributed by atoms with Gasteiger partial charge in [0.2, 0.25) is 0 Å². The molecule has 0 aromatic heterocycles. The van der Waals surface area contributed by atoms with Gasteiger partial charge < -0.3 is 0 Å². The molecule has 0 unspecified atom stereocenters. The first-order valence-electron chi connectivity index (χ1n) is 7.02. The molecule has 2 aliphatic heterocycles. The van der Waals surface area contributed by atoms with Crippen LogP contribution in [0, 0.1) is 0 Å². The maximum absolute atomic E-state index is 4.29. The Morgan fingerprint density at radius 3 is 1.44 bits per heavy atom. The van der Waals surface area contributed by atoms with E-state index in [2.05, 4.69) is 16.4 Å². The normalized spacial score (nSPS) is 31.6. The number of hydrogen-bond donors (Lipinski definition) is 0. The van der Waals surface area contributed by atoms with Gasteiger partial charge in [-0.15, -0.1) is 0 Å². The van der Waals surface area contributed by atoms with Crippen LogP contribution in [-0.4, -0.2) is 41.6 Å². The van der Waals surface area contributed by atoms with Gasteiger partial charge in [0.05, 0.1) is 5.66 Å². The van der Waals surface area contributed by atoms with Gasteiger partial charge in [-0.3, -0.25) is 9.80 Å². The van der Waals surface area contributed by atoms with Crippen LogP contribution >= 0.6 is 0 Å². The van der Waals surface area contributed by atoms with Crippen LogP contribution < -0.4 is 0 Å². The van der Waals surface area contributed by atoms with E-state index in [4.69, 9.17) is 0 Å². The van der Waals surface area contributed by atoms with Crippen LogP contribution in [0.25, 0.3) is 0 Å². The summed E-state index contributed by atoms with van der Waals surface area (Å²) in [5.74, 6) is 0. The van der Waals surface area contributed by atoms with Crippen molar-refractivity contribution in [3.63, 3.8) is 0 Å². The fraction of sp³-hybridized carbons (Fsp3) is 0.857. The summed E-state index contributed by atoms with van der Waals surface area (Å²) in [6.07, 6.45) is 9.67. The number of nitrogens with zero attached hydrogens (tertiary/aromatic N) is 2. The maximum atomic E-state index is 4.29. The number of hydrogen-bond acceptors (Lipinski definition) is 2. The Hall–Kier alpha value is -0.340. The van der Waals surface area contributed by atoms with Crippen LogP contribution in [0.15, 0.2) is 12.2 Å². The highest BCUT2D eigenvalue weighted by atomic mass is 15.4. The molecule has 2 nitrogen and oxygen atoms in total. The van der Waals surface area contributed by atoms with Crippen LogP contribution in [0.1, 0.15) is 44.9 Å². The van der Waals surface area contributed by atoms with Gasteiger partial charge in [0.15, 0.2) is 0 Å². The molecule has 0 aromatic rings. The van der Waals surface area contributed by atoms with Crippen LogP contribution in [-0.2, 0) is 0 Å². The van der Waals surface area contributed by atoms with Gasteiger partial charge in [-0.05, 0) is 31.3 Å². The Labute approximate surface area is 99.3 Å². The zero-order valence-corrected chi connectivity index (χ0v) is 10.4. The Bertz CT molecular complexity index is 254. The minimum atomic E-state index is 0.320. The standard InChI is InChI=1S/C14H24N2/c1-13-12-14(13,15-8-4-2-5-9-15)16-10-6-3-7-11-16/h1-12H2. The van der Waals surface area contributed by atoms with E-state index in [0.717, 1.165) is 0 Å². The third-order valence-corrected chi connectivity index (χ3v) is 4.66. The Balaban J connectivity index is 1.74. The molecule has 2 saturated heterocycles. The van der Waals surface area contributed by atoms with Crippen molar-refractivity contribution in [1.82, 2.24) is 9.80 Å². The van der Waals surface area contributed by atoms with Crippen molar-refractivity contribution >= 4 is 0 Å². The summed E-state index contributed by atoms with van der Waals surface area (Å²) in [5.41, 5.74) is 1.80. The van der Waals surface area contributed by atoms with Crippen molar-refractivity contribution in [3.05, 3.63) is 12.2 Å². The lowest BCUT2D eigenvalue weighted by atomic mass is 10.1. The second-order valence-electron chi connectivity index (χ2n) is 5.69. The van der Waals surface area contributed by atoms with Gasteiger partial charge in [-0.2, -0.15) is 0 Å². The number of piperidine rings is 2. The molecule has 16 heavy (non-hydrogen) atoms. The predicted octanol–water partition coefficient (Wildman–Crippen LogP) is 2.61. The molecule has 0 radical (unpaired) electrons. The molecule has 0 spiro atoms. The Kier molecular flexibility index (Phi) is 2.80. The predicted molar refractivity (Wildman–Crippen MR) is 67.3 cm³/mol. The fourth-order valence-corrected chi connectivity index (χ4v) is 3.65. The smallest absolute Gasteiger partial charge is 0.0997 e. The quantitative estimate of drug-likeness (QED) is 0.660. The summed E-state index contributed by atoms with van der Waals surface area (Å²) in [6, 6.07) is 0. The Morgan fingerprint density at radius 2 is 1.12 bits per heavy atom. The minimum Gasteiger partial charge on any atom is -0.282 e. The van der Waals surface area contributed by atoms with Crippen LogP contribution in [0.3, 0.4) is 0 Å². The summed E-state index contributed by atoms with van der Waals surface area (Å²) in [5, 5.41) is 0. The average Bonchev–Trinajstić information content (AvgIpc) is 3.05. The highest BCUT2D eigenvalue weighted by molar-refractivity contribution is 5.36. The van der Waals surface area contributed by atoms with Crippen molar-refractivity contribution < 1.29 is 0 Å². The van der Waals surface area contributed by atoms with Crippen molar-refractivity contribution in [3.8, 4) is 0 Å². The summed E-state index contributed by atoms with van der Waals surface area (Å²) in [4.78, 5) is 5.45. The molecule has 90 valence electrons. The third-order valence-electron chi connectivity index (χ3n) is 4.66. The summed E-state index contributed by atoms with van der Waals surface area (Å²) >= 11 is 0. The first-order valence-corrected chi connectivity index (χ1v) is 7.02. The molecule has 1 aliphatic carbocycles. The van der Waals surface area contributed by atoms with E-state index in [0.29, 0.717) is 5.66 Å². The molecule has 1 saturated carbocycles. The number of likely N-dealkylation sites (tertiary alicyclic amines) is 2. The molecule has 3 rings (SSSR count). The van der Waals surface area contributed by atoms with Gasteiger partial charge in [-0.25, -0.2) is 0 Å². The van der Waals surface area contributed by atoms with Crippen LogP contribution in [0.2, 0.25) is 0 Å². The topological polar surface area (TPSA) is 6.48 Å². The lowest BCUT2D eigenvalue weighted by Gasteiger charge is -2.43. The first-order chi connectivity index (χ1) is 7.84. The number of rotatable bonds is 2. The molecular formula is C14H24N2. The summed E-state index contributed by atoms with van der Waals surface area (Å²) < 4.78 is 0. The van der Waals surface area contributed by atoms with Gasteiger partial charge in [0.1, 0.15) is 0 Å². The first kappa shape index (κ1) is 10.8. The molecule has 0 N–H and O–H groups in total. The maximum Gasteiger partial charge on any atom is 0.0997 e. The van der Waals surface area contributed by atoms with Gasteiger partial charge in [0.25, 0.3) is 0 Å². The van der Waals surface area contributed by atoms with Crippen molar-refractivity contribution in [2.75, 3.05) is 26.2 Å². The second kappa shape index (κ2) is 4.15. The molecule has 3 fully saturated rings. The van der Waals surface area contributed by atoms with Crippen molar-refractivity contribution in [2.24, 2.45) is 0 Å². The molecule has 3 aliphatic rings. The third kappa shape index (κ3) is 1.63. The van der Waals surface area contributed by atoms with E-state index in [9.17, 15) is 0 Å². The zero-order chi connectivity index (χ0) is 11.0. The van der Waals surface area contributed by atoms with Gasteiger partial charge in [-0.1, -0.05) is 19.4 Å². The van der Waals surface area contributed by atoms with E-state index in [1.54, 1.807) is 0 Å². The van der Waals surface area contributed by atoms with Crippen molar-refractivity contribution in [2.45, 2.75) is 50.6 Å². The van der Waals surface area contributed by atoms with E-state index < -0.39 is 0 Å².